The molecule has 0 amide bonds. The summed E-state index contributed by atoms with van der Waals surface area (Å²) in [6.45, 7) is 5.73. The van der Waals surface area contributed by atoms with E-state index < -0.39 is 0 Å². The zero-order chi connectivity index (χ0) is 14.0. The molecule has 1 aliphatic carbocycles. The third-order valence-corrected chi connectivity index (χ3v) is 4.60. The highest BCUT2D eigenvalue weighted by atomic mass is 16.5. The molecule has 1 saturated carbocycles. The molecule has 1 aromatic rings. The summed E-state index contributed by atoms with van der Waals surface area (Å²) in [5, 5.41) is 7.30. The second-order valence-corrected chi connectivity index (χ2v) is 5.98. The normalized spacial score (nSPS) is 24.2. The van der Waals surface area contributed by atoms with E-state index in [0.29, 0.717) is 24.1 Å². The molecule has 3 rings (SSSR count). The molecule has 2 aliphatic rings. The van der Waals surface area contributed by atoms with Crippen molar-refractivity contribution in [1.82, 2.24) is 15.3 Å². The van der Waals surface area contributed by atoms with E-state index >= 15 is 0 Å². The molecule has 2 heterocycles. The van der Waals surface area contributed by atoms with E-state index in [1.807, 2.05) is 13.8 Å². The number of nitrogens with zero attached hydrogens (tertiary/aromatic N) is 2. The number of anilines is 1. The molecule has 2 N–H and O–H groups in total. The summed E-state index contributed by atoms with van der Waals surface area (Å²) in [5.41, 5.74) is 1.41. The van der Waals surface area contributed by atoms with Crippen molar-refractivity contribution in [3.63, 3.8) is 0 Å². The van der Waals surface area contributed by atoms with Crippen LogP contribution in [0, 0.1) is 6.92 Å². The van der Waals surface area contributed by atoms with Gasteiger partial charge in [-0.15, -0.1) is 0 Å². The van der Waals surface area contributed by atoms with Crippen LogP contribution in [-0.4, -0.2) is 34.7 Å². The Morgan fingerprint density at radius 2 is 2.30 bits per heavy atom. The summed E-state index contributed by atoms with van der Waals surface area (Å²) < 4.78 is 5.54. The van der Waals surface area contributed by atoms with Gasteiger partial charge in [-0.25, -0.2) is 9.97 Å². The third-order valence-electron chi connectivity index (χ3n) is 4.60. The fourth-order valence-electron chi connectivity index (χ4n) is 3.32. The Hall–Kier alpha value is -1.36. The van der Waals surface area contributed by atoms with Crippen LogP contribution < -0.4 is 15.4 Å². The van der Waals surface area contributed by atoms with Crippen LogP contribution in [0.15, 0.2) is 6.33 Å². The molecular formula is C15H24N4O. The molecule has 1 aliphatic heterocycles. The molecule has 1 unspecified atom stereocenters. The molecule has 5 nitrogen and oxygen atoms in total. The highest BCUT2D eigenvalue weighted by Gasteiger charge is 2.40. The van der Waals surface area contributed by atoms with Crippen molar-refractivity contribution in [3.8, 4) is 5.88 Å². The van der Waals surface area contributed by atoms with Crippen LogP contribution in [0.5, 0.6) is 5.88 Å². The van der Waals surface area contributed by atoms with Gasteiger partial charge in [0.05, 0.1) is 12.2 Å². The van der Waals surface area contributed by atoms with Crippen LogP contribution in [0.4, 0.5) is 5.82 Å². The highest BCUT2D eigenvalue weighted by Crippen LogP contribution is 2.39. The largest absolute Gasteiger partial charge is 0.478 e. The number of piperidine rings is 1. The first-order valence-electron chi connectivity index (χ1n) is 7.68. The summed E-state index contributed by atoms with van der Waals surface area (Å²) in [6, 6.07) is 0.500. The van der Waals surface area contributed by atoms with Crippen molar-refractivity contribution in [3.05, 3.63) is 11.9 Å². The van der Waals surface area contributed by atoms with E-state index in [1.165, 1.54) is 25.7 Å². The first-order valence-corrected chi connectivity index (χ1v) is 7.68. The number of hydrogen-bond donors (Lipinski definition) is 2. The predicted molar refractivity (Wildman–Crippen MR) is 79.2 cm³/mol. The first kappa shape index (κ1) is 13.6. The zero-order valence-corrected chi connectivity index (χ0v) is 12.4. The van der Waals surface area contributed by atoms with E-state index in [0.717, 1.165) is 24.3 Å². The van der Waals surface area contributed by atoms with Gasteiger partial charge in [-0.2, -0.15) is 0 Å². The Morgan fingerprint density at radius 3 is 3.00 bits per heavy atom. The molecule has 1 atom stereocenters. The second-order valence-electron chi connectivity index (χ2n) is 5.98. The molecule has 1 spiro atoms. The van der Waals surface area contributed by atoms with E-state index in [2.05, 4.69) is 20.6 Å². The average Bonchev–Trinajstić information content (AvgIpc) is 2.42. The van der Waals surface area contributed by atoms with Gasteiger partial charge in [0.2, 0.25) is 5.88 Å². The summed E-state index contributed by atoms with van der Waals surface area (Å²) in [6.07, 6.45) is 7.92. The maximum Gasteiger partial charge on any atom is 0.221 e. The van der Waals surface area contributed by atoms with E-state index in [4.69, 9.17) is 4.74 Å². The summed E-state index contributed by atoms with van der Waals surface area (Å²) in [7, 11) is 0. The topological polar surface area (TPSA) is 59.1 Å². The summed E-state index contributed by atoms with van der Waals surface area (Å²) >= 11 is 0. The standard InChI is InChI=1S/C15H24N4O/c1-3-20-14-11(2)13(16-10-17-14)19-12-5-8-18-15(9-12)6-4-7-15/h10,12,18H,3-9H2,1-2H3,(H,16,17,19). The number of ether oxygens (including phenoxy) is 1. The molecule has 2 fully saturated rings. The van der Waals surface area contributed by atoms with Gasteiger partial charge in [0.1, 0.15) is 12.1 Å². The van der Waals surface area contributed by atoms with Crippen LogP contribution in [0.1, 0.15) is 44.6 Å². The maximum absolute atomic E-state index is 5.54. The molecule has 20 heavy (non-hydrogen) atoms. The van der Waals surface area contributed by atoms with Gasteiger partial charge in [0, 0.05) is 11.6 Å². The van der Waals surface area contributed by atoms with Crippen molar-refractivity contribution in [1.29, 1.82) is 0 Å². The number of rotatable bonds is 4. The zero-order valence-electron chi connectivity index (χ0n) is 12.4. The predicted octanol–water partition coefficient (Wildman–Crippen LogP) is 2.27. The summed E-state index contributed by atoms with van der Waals surface area (Å²) in [5.74, 6) is 1.61. The molecule has 5 heteroatoms. The number of aromatic nitrogens is 2. The first-order chi connectivity index (χ1) is 9.72. The van der Waals surface area contributed by atoms with Crippen molar-refractivity contribution in [2.75, 3.05) is 18.5 Å². The number of hydrogen-bond acceptors (Lipinski definition) is 5. The van der Waals surface area contributed by atoms with Crippen LogP contribution in [0.2, 0.25) is 0 Å². The lowest BCUT2D eigenvalue weighted by Gasteiger charge is -2.48. The molecular weight excluding hydrogens is 252 g/mol. The molecule has 0 aromatic carbocycles. The average molecular weight is 276 g/mol. The Morgan fingerprint density at radius 1 is 1.45 bits per heavy atom. The Bertz CT molecular complexity index is 473. The van der Waals surface area contributed by atoms with Crippen LogP contribution in [0.3, 0.4) is 0 Å². The van der Waals surface area contributed by atoms with Crippen LogP contribution in [-0.2, 0) is 0 Å². The second kappa shape index (κ2) is 5.56. The molecule has 0 bridgehead atoms. The van der Waals surface area contributed by atoms with E-state index in [9.17, 15) is 0 Å². The minimum absolute atomic E-state index is 0.402. The monoisotopic (exact) mass is 276 g/mol. The van der Waals surface area contributed by atoms with Gasteiger partial charge in [-0.3, -0.25) is 0 Å². The lowest BCUT2D eigenvalue weighted by atomic mass is 9.70. The van der Waals surface area contributed by atoms with Crippen molar-refractivity contribution >= 4 is 5.82 Å². The lowest BCUT2D eigenvalue weighted by molar-refractivity contribution is 0.135. The Kier molecular flexibility index (Phi) is 3.78. The molecule has 0 radical (unpaired) electrons. The Labute approximate surface area is 120 Å². The SMILES string of the molecule is CCOc1ncnc(NC2CCNC3(CCC3)C2)c1C. The van der Waals surface area contributed by atoms with E-state index in [-0.39, 0.29) is 0 Å². The van der Waals surface area contributed by atoms with Gasteiger partial charge >= 0.3 is 0 Å². The lowest BCUT2D eigenvalue weighted by Crippen LogP contribution is -2.58. The fourth-order valence-corrected chi connectivity index (χ4v) is 3.32. The highest BCUT2D eigenvalue weighted by molar-refractivity contribution is 5.48. The third kappa shape index (κ3) is 2.59. The van der Waals surface area contributed by atoms with E-state index in [1.54, 1.807) is 6.33 Å². The summed E-state index contributed by atoms with van der Waals surface area (Å²) in [4.78, 5) is 8.58. The smallest absolute Gasteiger partial charge is 0.221 e. The van der Waals surface area contributed by atoms with Crippen LogP contribution >= 0.6 is 0 Å². The molecule has 1 saturated heterocycles. The maximum atomic E-state index is 5.54. The minimum atomic E-state index is 0.402. The number of nitrogens with one attached hydrogen (secondary N) is 2. The fraction of sp³-hybridized carbons (Fsp3) is 0.733. The Balaban J connectivity index is 1.69. The van der Waals surface area contributed by atoms with Gasteiger partial charge in [-0.05, 0) is 52.5 Å². The quantitative estimate of drug-likeness (QED) is 0.883. The minimum Gasteiger partial charge on any atom is -0.478 e. The van der Waals surface area contributed by atoms with Crippen molar-refractivity contribution in [2.45, 2.75) is 57.5 Å². The van der Waals surface area contributed by atoms with Gasteiger partial charge in [0.15, 0.2) is 0 Å². The van der Waals surface area contributed by atoms with Crippen LogP contribution in [0.25, 0.3) is 0 Å². The van der Waals surface area contributed by atoms with Crippen molar-refractivity contribution < 1.29 is 4.74 Å². The van der Waals surface area contributed by atoms with Gasteiger partial charge < -0.3 is 15.4 Å². The molecule has 110 valence electrons. The van der Waals surface area contributed by atoms with Crippen molar-refractivity contribution in [2.24, 2.45) is 0 Å². The van der Waals surface area contributed by atoms with Gasteiger partial charge in [0.25, 0.3) is 0 Å². The molecule has 1 aromatic heterocycles. The van der Waals surface area contributed by atoms with Gasteiger partial charge in [-0.1, -0.05) is 0 Å².